The molecule has 1 rings (SSSR count). The minimum absolute atomic E-state index is 0.100. The third kappa shape index (κ3) is 5.30. The second kappa shape index (κ2) is 8.22. The highest BCUT2D eigenvalue weighted by molar-refractivity contribution is 5.16. The highest BCUT2D eigenvalue weighted by atomic mass is 16.5. The van der Waals surface area contributed by atoms with Crippen molar-refractivity contribution in [3.8, 4) is 0 Å². The SMILES string of the molecule is CCc1nn(C)cc1CNCCCOCCO. The van der Waals surface area contributed by atoms with E-state index in [0.717, 1.165) is 31.6 Å². The minimum atomic E-state index is 0.100. The van der Waals surface area contributed by atoms with Crippen molar-refractivity contribution in [2.24, 2.45) is 7.05 Å². The fourth-order valence-electron chi connectivity index (χ4n) is 1.72. The molecule has 0 amide bonds. The summed E-state index contributed by atoms with van der Waals surface area (Å²) in [5.74, 6) is 0. The lowest BCUT2D eigenvalue weighted by atomic mass is 10.2. The van der Waals surface area contributed by atoms with E-state index in [1.807, 2.05) is 11.7 Å². The van der Waals surface area contributed by atoms with Crippen molar-refractivity contribution in [1.29, 1.82) is 0 Å². The summed E-state index contributed by atoms with van der Waals surface area (Å²) < 4.78 is 7.04. The van der Waals surface area contributed by atoms with Gasteiger partial charge in [0.15, 0.2) is 0 Å². The van der Waals surface area contributed by atoms with Crippen molar-refractivity contribution in [2.45, 2.75) is 26.3 Å². The highest BCUT2D eigenvalue weighted by Gasteiger charge is 2.04. The smallest absolute Gasteiger partial charge is 0.0697 e. The Hall–Kier alpha value is -0.910. The van der Waals surface area contributed by atoms with Crippen LogP contribution in [0.1, 0.15) is 24.6 Å². The van der Waals surface area contributed by atoms with Crippen molar-refractivity contribution >= 4 is 0 Å². The first kappa shape index (κ1) is 14.2. The molecule has 0 atom stereocenters. The Kier molecular flexibility index (Phi) is 6.84. The maximum absolute atomic E-state index is 8.53. The molecule has 1 aromatic heterocycles. The van der Waals surface area contributed by atoms with Gasteiger partial charge in [0.1, 0.15) is 0 Å². The first-order valence-electron chi connectivity index (χ1n) is 6.18. The molecule has 0 aliphatic rings. The number of hydrogen-bond donors (Lipinski definition) is 2. The monoisotopic (exact) mass is 241 g/mol. The predicted molar refractivity (Wildman–Crippen MR) is 66.8 cm³/mol. The van der Waals surface area contributed by atoms with E-state index in [-0.39, 0.29) is 6.61 Å². The number of aliphatic hydroxyl groups excluding tert-OH is 1. The van der Waals surface area contributed by atoms with E-state index >= 15 is 0 Å². The summed E-state index contributed by atoms with van der Waals surface area (Å²) in [6, 6.07) is 0. The Morgan fingerprint density at radius 1 is 1.47 bits per heavy atom. The topological polar surface area (TPSA) is 59.3 Å². The van der Waals surface area contributed by atoms with Crippen LogP contribution in [-0.2, 0) is 24.8 Å². The molecule has 0 unspecified atom stereocenters. The van der Waals surface area contributed by atoms with Crippen LogP contribution in [0, 0.1) is 0 Å². The number of rotatable bonds is 9. The summed E-state index contributed by atoms with van der Waals surface area (Å²) in [6.45, 7) is 5.13. The maximum atomic E-state index is 8.53. The Bertz CT molecular complexity index is 313. The van der Waals surface area contributed by atoms with Gasteiger partial charge in [-0.1, -0.05) is 6.92 Å². The van der Waals surface area contributed by atoms with Gasteiger partial charge in [-0.15, -0.1) is 0 Å². The molecule has 0 saturated carbocycles. The summed E-state index contributed by atoms with van der Waals surface area (Å²) in [5.41, 5.74) is 2.43. The van der Waals surface area contributed by atoms with Crippen molar-refractivity contribution in [2.75, 3.05) is 26.4 Å². The quantitative estimate of drug-likeness (QED) is 0.617. The lowest BCUT2D eigenvalue weighted by Gasteiger charge is -2.04. The van der Waals surface area contributed by atoms with Gasteiger partial charge >= 0.3 is 0 Å². The van der Waals surface area contributed by atoms with Crippen molar-refractivity contribution in [1.82, 2.24) is 15.1 Å². The van der Waals surface area contributed by atoms with E-state index in [0.29, 0.717) is 13.2 Å². The van der Waals surface area contributed by atoms with Gasteiger partial charge in [0.2, 0.25) is 0 Å². The molecule has 0 saturated heterocycles. The molecule has 0 radical (unpaired) electrons. The van der Waals surface area contributed by atoms with Crippen molar-refractivity contribution in [3.63, 3.8) is 0 Å². The summed E-state index contributed by atoms with van der Waals surface area (Å²) >= 11 is 0. The fraction of sp³-hybridized carbons (Fsp3) is 0.750. The molecule has 5 nitrogen and oxygen atoms in total. The zero-order chi connectivity index (χ0) is 12.5. The molecule has 0 fully saturated rings. The molecule has 5 heteroatoms. The molecule has 0 spiro atoms. The van der Waals surface area contributed by atoms with Gasteiger partial charge < -0.3 is 15.2 Å². The van der Waals surface area contributed by atoms with Crippen LogP contribution in [0.2, 0.25) is 0 Å². The Morgan fingerprint density at radius 3 is 3.00 bits per heavy atom. The van der Waals surface area contributed by atoms with Crippen molar-refractivity contribution < 1.29 is 9.84 Å². The number of aliphatic hydroxyl groups is 1. The van der Waals surface area contributed by atoms with E-state index in [1.165, 1.54) is 5.56 Å². The van der Waals surface area contributed by atoms with Crippen LogP contribution in [0.5, 0.6) is 0 Å². The summed E-state index contributed by atoms with van der Waals surface area (Å²) in [6.07, 6.45) is 3.99. The van der Waals surface area contributed by atoms with Crippen LogP contribution in [0.15, 0.2) is 6.20 Å². The standard InChI is InChI=1S/C12H23N3O2/c1-3-12-11(10-15(2)14-12)9-13-5-4-7-17-8-6-16/h10,13,16H,3-9H2,1-2H3. The second-order valence-corrected chi connectivity index (χ2v) is 3.99. The average molecular weight is 241 g/mol. The van der Waals surface area contributed by atoms with Crippen LogP contribution in [0.4, 0.5) is 0 Å². The maximum Gasteiger partial charge on any atom is 0.0697 e. The van der Waals surface area contributed by atoms with Crippen LogP contribution in [-0.4, -0.2) is 41.3 Å². The van der Waals surface area contributed by atoms with E-state index in [9.17, 15) is 0 Å². The van der Waals surface area contributed by atoms with Crippen molar-refractivity contribution in [3.05, 3.63) is 17.5 Å². The van der Waals surface area contributed by atoms with Crippen LogP contribution < -0.4 is 5.32 Å². The first-order valence-corrected chi connectivity index (χ1v) is 6.18. The third-order valence-corrected chi connectivity index (χ3v) is 2.52. The molecule has 1 aromatic rings. The molecule has 0 aliphatic heterocycles. The zero-order valence-electron chi connectivity index (χ0n) is 10.8. The van der Waals surface area contributed by atoms with Gasteiger partial charge in [-0.3, -0.25) is 4.68 Å². The van der Waals surface area contributed by atoms with Gasteiger partial charge in [-0.2, -0.15) is 5.10 Å². The average Bonchev–Trinajstić information content (AvgIpc) is 2.68. The number of nitrogens with zero attached hydrogens (tertiary/aromatic N) is 2. The first-order chi connectivity index (χ1) is 8.27. The van der Waals surface area contributed by atoms with E-state index in [4.69, 9.17) is 9.84 Å². The van der Waals surface area contributed by atoms with E-state index in [1.54, 1.807) is 0 Å². The van der Waals surface area contributed by atoms with Crippen LogP contribution >= 0.6 is 0 Å². The molecule has 0 aromatic carbocycles. The van der Waals surface area contributed by atoms with Gasteiger partial charge in [0.25, 0.3) is 0 Å². The minimum Gasteiger partial charge on any atom is -0.394 e. The molecular formula is C12H23N3O2. The normalized spacial score (nSPS) is 11.0. The van der Waals surface area contributed by atoms with Gasteiger partial charge in [0, 0.05) is 32.0 Å². The molecule has 17 heavy (non-hydrogen) atoms. The van der Waals surface area contributed by atoms with Crippen LogP contribution in [0.25, 0.3) is 0 Å². The summed E-state index contributed by atoms with van der Waals surface area (Å²) in [5, 5.41) is 16.3. The largest absolute Gasteiger partial charge is 0.394 e. The Morgan fingerprint density at radius 2 is 2.29 bits per heavy atom. The number of aryl methyl sites for hydroxylation is 2. The number of ether oxygens (including phenoxy) is 1. The Labute approximate surface area is 103 Å². The Balaban J connectivity index is 2.13. The number of hydrogen-bond acceptors (Lipinski definition) is 4. The van der Waals surface area contributed by atoms with Gasteiger partial charge in [0.05, 0.1) is 18.9 Å². The number of aromatic nitrogens is 2. The molecule has 98 valence electrons. The summed E-state index contributed by atoms with van der Waals surface area (Å²) in [7, 11) is 1.95. The van der Waals surface area contributed by atoms with Gasteiger partial charge in [-0.25, -0.2) is 0 Å². The number of nitrogens with one attached hydrogen (secondary N) is 1. The lowest BCUT2D eigenvalue weighted by Crippen LogP contribution is -2.17. The van der Waals surface area contributed by atoms with Crippen LogP contribution in [0.3, 0.4) is 0 Å². The molecule has 0 aliphatic carbocycles. The summed E-state index contributed by atoms with van der Waals surface area (Å²) in [4.78, 5) is 0. The molecule has 2 N–H and O–H groups in total. The fourth-order valence-corrected chi connectivity index (χ4v) is 1.72. The van der Waals surface area contributed by atoms with Gasteiger partial charge in [-0.05, 0) is 19.4 Å². The third-order valence-electron chi connectivity index (χ3n) is 2.52. The zero-order valence-corrected chi connectivity index (χ0v) is 10.8. The van der Waals surface area contributed by atoms with E-state index < -0.39 is 0 Å². The molecule has 0 bridgehead atoms. The molecular weight excluding hydrogens is 218 g/mol. The predicted octanol–water partition coefficient (Wildman–Crippen LogP) is 0.471. The second-order valence-electron chi connectivity index (χ2n) is 3.99. The van der Waals surface area contributed by atoms with E-state index in [2.05, 4.69) is 23.5 Å². The molecule has 1 heterocycles. The lowest BCUT2D eigenvalue weighted by molar-refractivity contribution is 0.0907. The highest BCUT2D eigenvalue weighted by Crippen LogP contribution is 2.06.